The first kappa shape index (κ1) is 19.3. The summed E-state index contributed by atoms with van der Waals surface area (Å²) in [5, 5.41) is 14.5. The van der Waals surface area contributed by atoms with Crippen LogP contribution in [-0.2, 0) is 16.6 Å². The highest BCUT2D eigenvalue weighted by Gasteiger charge is 2.33. The van der Waals surface area contributed by atoms with Gasteiger partial charge in [0.25, 0.3) is 0 Å². The van der Waals surface area contributed by atoms with Crippen LogP contribution in [0.25, 0.3) is 10.9 Å². The monoisotopic (exact) mass is 394 g/mol. The number of benzene rings is 1. The quantitative estimate of drug-likeness (QED) is 0.623. The Labute approximate surface area is 168 Å². The molecule has 4 rings (SSSR count). The topological polar surface area (TPSA) is 95.3 Å². The Bertz CT molecular complexity index is 1140. The van der Waals surface area contributed by atoms with Crippen molar-refractivity contribution in [3.63, 3.8) is 0 Å². The third-order valence-corrected chi connectivity index (χ3v) is 5.71. The molecule has 0 spiro atoms. The summed E-state index contributed by atoms with van der Waals surface area (Å²) in [7, 11) is 0. The number of aromatic nitrogens is 1. The Morgan fingerprint density at radius 2 is 2.10 bits per heavy atom. The van der Waals surface area contributed by atoms with E-state index >= 15 is 0 Å². The van der Waals surface area contributed by atoms with Crippen LogP contribution in [0.4, 0.5) is 0 Å². The second-order valence-corrected chi connectivity index (χ2v) is 8.53. The highest BCUT2D eigenvalue weighted by molar-refractivity contribution is 5.85. The Kier molecular flexibility index (Phi) is 4.73. The minimum absolute atomic E-state index is 0.0763. The lowest BCUT2D eigenvalue weighted by Crippen LogP contribution is -2.35. The van der Waals surface area contributed by atoms with Gasteiger partial charge in [0.2, 0.25) is 17.1 Å². The van der Waals surface area contributed by atoms with Gasteiger partial charge in [0.15, 0.2) is 5.76 Å². The van der Waals surface area contributed by atoms with Crippen molar-refractivity contribution < 1.29 is 14.3 Å². The summed E-state index contributed by atoms with van der Waals surface area (Å²) in [6.45, 7) is 5.23. The summed E-state index contributed by atoms with van der Waals surface area (Å²) in [4.78, 5) is 28.3. The van der Waals surface area contributed by atoms with E-state index in [9.17, 15) is 14.7 Å². The predicted molar refractivity (Wildman–Crippen MR) is 111 cm³/mol. The molecule has 152 valence electrons. The SMILES string of the molecule is Cc1cc(=O)c(O)c(C(C)(C)CC(=O)NC2CCCc3c2[nH]c2ccccc32)o1. The van der Waals surface area contributed by atoms with E-state index in [1.165, 1.54) is 17.0 Å². The van der Waals surface area contributed by atoms with Crippen LogP contribution >= 0.6 is 0 Å². The maximum atomic E-state index is 12.9. The summed E-state index contributed by atoms with van der Waals surface area (Å²) in [5.41, 5.74) is 2.13. The van der Waals surface area contributed by atoms with Crippen molar-refractivity contribution >= 4 is 16.8 Å². The van der Waals surface area contributed by atoms with Crippen LogP contribution < -0.4 is 10.7 Å². The van der Waals surface area contributed by atoms with Gasteiger partial charge in [-0.25, -0.2) is 0 Å². The smallest absolute Gasteiger partial charge is 0.227 e. The normalized spacial score (nSPS) is 16.6. The first-order valence-corrected chi connectivity index (χ1v) is 9.99. The van der Waals surface area contributed by atoms with Crippen molar-refractivity contribution in [1.82, 2.24) is 10.3 Å². The van der Waals surface area contributed by atoms with E-state index in [-0.39, 0.29) is 24.1 Å². The number of amides is 1. The maximum absolute atomic E-state index is 12.9. The lowest BCUT2D eigenvalue weighted by Gasteiger charge is -2.27. The molecule has 1 unspecified atom stereocenters. The largest absolute Gasteiger partial charge is 0.502 e. The zero-order valence-corrected chi connectivity index (χ0v) is 17.0. The first-order valence-electron chi connectivity index (χ1n) is 9.99. The van der Waals surface area contributed by atoms with Gasteiger partial charge < -0.3 is 19.8 Å². The minimum atomic E-state index is -0.822. The van der Waals surface area contributed by atoms with Crippen LogP contribution in [0.5, 0.6) is 5.75 Å². The number of carbonyl (C=O) groups is 1. The third kappa shape index (κ3) is 3.55. The number of aromatic hydroxyl groups is 1. The molecule has 1 aliphatic carbocycles. The number of fused-ring (bicyclic) bond motifs is 3. The lowest BCUT2D eigenvalue weighted by molar-refractivity contribution is -0.123. The number of nitrogens with one attached hydrogen (secondary N) is 2. The molecule has 2 aromatic heterocycles. The number of hydrogen-bond acceptors (Lipinski definition) is 4. The van der Waals surface area contributed by atoms with Crippen LogP contribution in [-0.4, -0.2) is 16.0 Å². The number of aryl methyl sites for hydroxylation is 2. The fraction of sp³-hybridized carbons (Fsp3) is 0.391. The van der Waals surface area contributed by atoms with Gasteiger partial charge in [-0.2, -0.15) is 0 Å². The van der Waals surface area contributed by atoms with E-state index in [0.29, 0.717) is 5.76 Å². The molecule has 1 atom stereocenters. The van der Waals surface area contributed by atoms with E-state index in [1.54, 1.807) is 20.8 Å². The molecule has 1 amide bonds. The van der Waals surface area contributed by atoms with E-state index < -0.39 is 16.6 Å². The van der Waals surface area contributed by atoms with Crippen molar-refractivity contribution in [2.45, 2.75) is 57.9 Å². The van der Waals surface area contributed by atoms with Gasteiger partial charge in [-0.3, -0.25) is 9.59 Å². The third-order valence-electron chi connectivity index (χ3n) is 5.71. The molecule has 2 heterocycles. The molecule has 3 N–H and O–H groups in total. The molecule has 0 fully saturated rings. The highest BCUT2D eigenvalue weighted by atomic mass is 16.4. The fourth-order valence-corrected chi connectivity index (χ4v) is 4.35. The molecule has 1 aliphatic rings. The molecule has 3 aromatic rings. The van der Waals surface area contributed by atoms with E-state index in [4.69, 9.17) is 4.42 Å². The molecule has 0 aliphatic heterocycles. The molecule has 0 saturated heterocycles. The van der Waals surface area contributed by atoms with Gasteiger partial charge >= 0.3 is 0 Å². The van der Waals surface area contributed by atoms with Gasteiger partial charge in [-0.1, -0.05) is 32.0 Å². The molecule has 6 nitrogen and oxygen atoms in total. The number of para-hydroxylation sites is 1. The second-order valence-electron chi connectivity index (χ2n) is 8.53. The predicted octanol–water partition coefficient (Wildman–Crippen LogP) is 4.00. The molecule has 6 heteroatoms. The molecular weight excluding hydrogens is 368 g/mol. The number of carbonyl (C=O) groups excluding carboxylic acids is 1. The second kappa shape index (κ2) is 7.10. The van der Waals surface area contributed by atoms with Crippen molar-refractivity contribution in [2.75, 3.05) is 0 Å². The number of aromatic amines is 1. The Morgan fingerprint density at radius 1 is 1.34 bits per heavy atom. The van der Waals surface area contributed by atoms with Crippen molar-refractivity contribution in [2.24, 2.45) is 0 Å². The van der Waals surface area contributed by atoms with Crippen LogP contribution in [0.15, 0.2) is 39.5 Å². The Balaban J connectivity index is 1.56. The van der Waals surface area contributed by atoms with E-state index in [1.807, 2.05) is 12.1 Å². The minimum Gasteiger partial charge on any atom is -0.502 e. The van der Waals surface area contributed by atoms with Gasteiger partial charge in [-0.05, 0) is 37.8 Å². The van der Waals surface area contributed by atoms with Gasteiger partial charge in [-0.15, -0.1) is 0 Å². The summed E-state index contributed by atoms with van der Waals surface area (Å²) in [5.74, 6) is -0.0158. The summed E-state index contributed by atoms with van der Waals surface area (Å²) < 4.78 is 5.60. The molecule has 29 heavy (non-hydrogen) atoms. The number of H-pyrrole nitrogens is 1. The zero-order valence-electron chi connectivity index (χ0n) is 17.0. The molecule has 0 bridgehead atoms. The van der Waals surface area contributed by atoms with Crippen LogP contribution in [0.1, 0.15) is 61.9 Å². The fourth-order valence-electron chi connectivity index (χ4n) is 4.35. The number of rotatable bonds is 4. The summed E-state index contributed by atoms with van der Waals surface area (Å²) in [6, 6.07) is 9.37. The Morgan fingerprint density at radius 3 is 2.90 bits per heavy atom. The van der Waals surface area contributed by atoms with Gasteiger partial charge in [0.1, 0.15) is 5.76 Å². The maximum Gasteiger partial charge on any atom is 0.227 e. The van der Waals surface area contributed by atoms with Gasteiger partial charge in [0.05, 0.1) is 6.04 Å². The molecule has 1 aromatic carbocycles. The van der Waals surface area contributed by atoms with Crippen LogP contribution in [0, 0.1) is 6.92 Å². The average molecular weight is 394 g/mol. The summed E-state index contributed by atoms with van der Waals surface area (Å²) in [6.07, 6.45) is 2.98. The first-order chi connectivity index (χ1) is 13.8. The van der Waals surface area contributed by atoms with Gasteiger partial charge in [0, 0.05) is 34.5 Å². The standard InChI is InChI=1S/C23H26N2O4/c1-13-11-18(26)21(28)22(29-13)23(2,3)12-19(27)24-17-10-6-8-15-14-7-4-5-9-16(14)25-20(15)17/h4-5,7,9,11,17,25,28H,6,8,10,12H2,1-3H3,(H,24,27). The highest BCUT2D eigenvalue weighted by Crippen LogP contribution is 2.36. The zero-order chi connectivity index (χ0) is 20.8. The van der Waals surface area contributed by atoms with Crippen LogP contribution in [0.3, 0.4) is 0 Å². The molecule has 0 radical (unpaired) electrons. The average Bonchev–Trinajstić information content (AvgIpc) is 3.04. The van der Waals surface area contributed by atoms with E-state index in [0.717, 1.165) is 30.5 Å². The van der Waals surface area contributed by atoms with Crippen molar-refractivity contribution in [1.29, 1.82) is 0 Å². The summed E-state index contributed by atoms with van der Waals surface area (Å²) >= 11 is 0. The number of hydrogen-bond donors (Lipinski definition) is 3. The van der Waals surface area contributed by atoms with E-state index in [2.05, 4.69) is 22.4 Å². The molecular formula is C23H26N2O4. The lowest BCUT2D eigenvalue weighted by atomic mass is 9.84. The van der Waals surface area contributed by atoms with Crippen molar-refractivity contribution in [3.8, 4) is 5.75 Å². The van der Waals surface area contributed by atoms with Crippen LogP contribution in [0.2, 0.25) is 0 Å². The Hall–Kier alpha value is -3.02. The van der Waals surface area contributed by atoms with Crippen molar-refractivity contribution in [3.05, 3.63) is 63.3 Å². The molecule has 0 saturated carbocycles.